The van der Waals surface area contributed by atoms with E-state index >= 15 is 0 Å². The molecule has 0 saturated carbocycles. The Kier molecular flexibility index (Phi) is 5.18. The van der Waals surface area contributed by atoms with Crippen LogP contribution in [0.3, 0.4) is 0 Å². The number of nitrogens with zero attached hydrogens (tertiary/aromatic N) is 1. The SMILES string of the molecule is FC(F)(F)c1ccc(OCCC2COC(c3ccccc3Cl)=N2)cc1. The van der Waals surface area contributed by atoms with Gasteiger partial charge in [0.25, 0.3) is 0 Å². The second-order valence-electron chi connectivity index (χ2n) is 5.54. The Balaban J connectivity index is 1.52. The number of ether oxygens (including phenoxy) is 2. The number of halogens is 4. The summed E-state index contributed by atoms with van der Waals surface area (Å²) in [6.07, 6.45) is -3.75. The van der Waals surface area contributed by atoms with Gasteiger partial charge in [0.2, 0.25) is 5.90 Å². The molecule has 0 spiro atoms. The van der Waals surface area contributed by atoms with E-state index in [1.807, 2.05) is 18.2 Å². The molecule has 2 aromatic carbocycles. The predicted molar refractivity (Wildman–Crippen MR) is 89.3 cm³/mol. The zero-order valence-corrected chi connectivity index (χ0v) is 13.8. The third-order valence-corrected chi connectivity index (χ3v) is 4.05. The first-order valence-corrected chi connectivity index (χ1v) is 8.07. The smallest absolute Gasteiger partial charge is 0.416 e. The van der Waals surface area contributed by atoms with Crippen LogP contribution in [0.4, 0.5) is 13.2 Å². The molecule has 0 saturated heterocycles. The van der Waals surface area contributed by atoms with Gasteiger partial charge in [-0.1, -0.05) is 23.7 Å². The third-order valence-electron chi connectivity index (χ3n) is 3.72. The Morgan fingerprint density at radius 1 is 1.12 bits per heavy atom. The average molecular weight is 370 g/mol. The lowest BCUT2D eigenvalue weighted by Gasteiger charge is -2.10. The van der Waals surface area contributed by atoms with Gasteiger partial charge in [0.05, 0.1) is 28.8 Å². The minimum Gasteiger partial charge on any atom is -0.494 e. The molecule has 1 unspecified atom stereocenters. The monoisotopic (exact) mass is 369 g/mol. The highest BCUT2D eigenvalue weighted by atomic mass is 35.5. The molecule has 0 bridgehead atoms. The quantitative estimate of drug-likeness (QED) is 0.744. The minimum absolute atomic E-state index is 0.0688. The van der Waals surface area contributed by atoms with Crippen LogP contribution in [0.2, 0.25) is 5.02 Å². The molecule has 0 aromatic heterocycles. The van der Waals surface area contributed by atoms with Gasteiger partial charge in [0, 0.05) is 6.42 Å². The number of hydrogen-bond donors (Lipinski definition) is 0. The normalized spacial score (nSPS) is 17.1. The standard InChI is InChI=1S/C18H15ClF3NO2/c19-16-4-2-1-3-15(16)17-23-13(11-25-17)9-10-24-14-7-5-12(6-8-14)18(20,21)22/h1-8,13H,9-11H2. The lowest BCUT2D eigenvalue weighted by molar-refractivity contribution is -0.137. The van der Waals surface area contributed by atoms with E-state index in [1.54, 1.807) is 6.07 Å². The van der Waals surface area contributed by atoms with Crippen molar-refractivity contribution in [3.05, 3.63) is 64.7 Å². The number of alkyl halides is 3. The van der Waals surface area contributed by atoms with Gasteiger partial charge in [-0.15, -0.1) is 0 Å². The lowest BCUT2D eigenvalue weighted by atomic mass is 10.2. The van der Waals surface area contributed by atoms with Crippen LogP contribution in [-0.2, 0) is 10.9 Å². The molecule has 1 aliphatic rings. The van der Waals surface area contributed by atoms with Gasteiger partial charge in [0.15, 0.2) is 0 Å². The maximum Gasteiger partial charge on any atom is 0.416 e. The zero-order valence-electron chi connectivity index (χ0n) is 13.1. The van der Waals surface area contributed by atoms with Crippen molar-refractivity contribution in [1.82, 2.24) is 0 Å². The molecule has 1 atom stereocenters. The highest BCUT2D eigenvalue weighted by Gasteiger charge is 2.30. The number of rotatable bonds is 5. The molecule has 0 N–H and O–H groups in total. The van der Waals surface area contributed by atoms with Crippen molar-refractivity contribution in [3.8, 4) is 5.75 Å². The summed E-state index contributed by atoms with van der Waals surface area (Å²) in [6, 6.07) is 11.8. The fraction of sp³-hybridized carbons (Fsp3) is 0.278. The van der Waals surface area contributed by atoms with E-state index in [9.17, 15) is 13.2 Å². The van der Waals surface area contributed by atoms with Crippen LogP contribution in [-0.4, -0.2) is 25.2 Å². The summed E-state index contributed by atoms with van der Waals surface area (Å²) in [4.78, 5) is 4.48. The van der Waals surface area contributed by atoms with Gasteiger partial charge in [-0.05, 0) is 36.4 Å². The maximum atomic E-state index is 12.5. The van der Waals surface area contributed by atoms with Crippen LogP contribution in [0, 0.1) is 0 Å². The Labute approximate surface area is 148 Å². The molecule has 0 aliphatic carbocycles. The average Bonchev–Trinajstić information content (AvgIpc) is 3.03. The van der Waals surface area contributed by atoms with Crippen LogP contribution in [0.25, 0.3) is 0 Å². The van der Waals surface area contributed by atoms with Gasteiger partial charge in [-0.3, -0.25) is 0 Å². The number of hydrogen-bond acceptors (Lipinski definition) is 3. The number of benzene rings is 2. The summed E-state index contributed by atoms with van der Waals surface area (Å²) in [6.45, 7) is 0.760. The first kappa shape index (κ1) is 17.6. The van der Waals surface area contributed by atoms with E-state index in [0.717, 1.165) is 17.7 Å². The maximum absolute atomic E-state index is 12.5. The first-order valence-electron chi connectivity index (χ1n) is 7.69. The molecular weight excluding hydrogens is 355 g/mol. The highest BCUT2D eigenvalue weighted by Crippen LogP contribution is 2.30. The van der Waals surface area contributed by atoms with Crippen molar-refractivity contribution >= 4 is 17.5 Å². The van der Waals surface area contributed by atoms with Crippen molar-refractivity contribution < 1.29 is 22.6 Å². The summed E-state index contributed by atoms with van der Waals surface area (Å²) in [5.74, 6) is 0.896. The third kappa shape index (κ3) is 4.45. The Bertz CT molecular complexity index is 760. The van der Waals surface area contributed by atoms with Gasteiger partial charge >= 0.3 is 6.18 Å². The summed E-state index contributed by atoms with van der Waals surface area (Å²) in [7, 11) is 0. The van der Waals surface area contributed by atoms with Crippen LogP contribution >= 0.6 is 11.6 Å². The largest absolute Gasteiger partial charge is 0.494 e. The molecule has 0 radical (unpaired) electrons. The van der Waals surface area contributed by atoms with E-state index in [1.165, 1.54) is 12.1 Å². The molecule has 0 amide bonds. The molecule has 1 aliphatic heterocycles. The van der Waals surface area contributed by atoms with Crippen molar-refractivity contribution in [2.75, 3.05) is 13.2 Å². The Hall–Kier alpha value is -2.21. The first-order chi connectivity index (χ1) is 11.9. The van der Waals surface area contributed by atoms with Crippen molar-refractivity contribution in [3.63, 3.8) is 0 Å². The highest BCUT2D eigenvalue weighted by molar-refractivity contribution is 6.33. The Morgan fingerprint density at radius 3 is 2.52 bits per heavy atom. The van der Waals surface area contributed by atoms with Crippen LogP contribution < -0.4 is 4.74 Å². The van der Waals surface area contributed by atoms with Crippen LogP contribution in [0.5, 0.6) is 5.75 Å². The summed E-state index contributed by atoms with van der Waals surface area (Å²) < 4.78 is 48.6. The van der Waals surface area contributed by atoms with Gasteiger partial charge in [-0.2, -0.15) is 13.2 Å². The second-order valence-corrected chi connectivity index (χ2v) is 5.95. The van der Waals surface area contributed by atoms with Crippen LogP contribution in [0.1, 0.15) is 17.5 Å². The van der Waals surface area contributed by atoms with E-state index in [4.69, 9.17) is 21.1 Å². The van der Waals surface area contributed by atoms with E-state index in [-0.39, 0.29) is 6.04 Å². The summed E-state index contributed by atoms with van der Waals surface area (Å²) in [5.41, 5.74) is 0.0494. The molecule has 25 heavy (non-hydrogen) atoms. The summed E-state index contributed by atoms with van der Waals surface area (Å²) in [5, 5.41) is 0.572. The molecule has 1 heterocycles. The van der Waals surface area contributed by atoms with Crippen molar-refractivity contribution in [2.24, 2.45) is 4.99 Å². The molecule has 3 rings (SSSR count). The van der Waals surface area contributed by atoms with Crippen molar-refractivity contribution in [2.45, 2.75) is 18.6 Å². The zero-order chi connectivity index (χ0) is 17.9. The van der Waals surface area contributed by atoms with Gasteiger partial charge < -0.3 is 9.47 Å². The van der Waals surface area contributed by atoms with Crippen LogP contribution in [0.15, 0.2) is 53.5 Å². The summed E-state index contributed by atoms with van der Waals surface area (Å²) >= 11 is 6.12. The number of aliphatic imine (C=N–C) groups is 1. The second kappa shape index (κ2) is 7.35. The molecule has 7 heteroatoms. The molecule has 132 valence electrons. The lowest BCUT2D eigenvalue weighted by Crippen LogP contribution is -2.11. The molecule has 2 aromatic rings. The van der Waals surface area contributed by atoms with Gasteiger partial charge in [-0.25, -0.2) is 4.99 Å². The van der Waals surface area contributed by atoms with E-state index < -0.39 is 11.7 Å². The molecule has 3 nitrogen and oxygen atoms in total. The van der Waals surface area contributed by atoms with E-state index in [0.29, 0.717) is 36.3 Å². The molecular formula is C18H15ClF3NO2. The fourth-order valence-corrected chi connectivity index (χ4v) is 2.61. The minimum atomic E-state index is -4.34. The fourth-order valence-electron chi connectivity index (χ4n) is 2.40. The van der Waals surface area contributed by atoms with Gasteiger partial charge in [0.1, 0.15) is 12.4 Å². The van der Waals surface area contributed by atoms with E-state index in [2.05, 4.69) is 4.99 Å². The Morgan fingerprint density at radius 2 is 1.84 bits per heavy atom. The topological polar surface area (TPSA) is 30.8 Å². The predicted octanol–water partition coefficient (Wildman–Crippen LogP) is 4.97. The molecule has 0 fully saturated rings. The van der Waals surface area contributed by atoms with Crippen molar-refractivity contribution in [1.29, 1.82) is 0 Å².